The number of nitrogens with one attached hydrogen (secondary N) is 2. The highest BCUT2D eigenvalue weighted by atomic mass is 16.7. The third-order valence-electron chi connectivity index (χ3n) is 3.39. The van der Waals surface area contributed by atoms with Gasteiger partial charge in [0.05, 0.1) is 18.8 Å². The maximum absolute atomic E-state index is 12.1. The minimum Gasteiger partial charge on any atom is -0.467 e. The molecule has 7 heteroatoms. The Hall–Kier alpha value is -2.96. The van der Waals surface area contributed by atoms with Gasteiger partial charge in [0.15, 0.2) is 11.5 Å². The molecule has 0 unspecified atom stereocenters. The molecule has 0 radical (unpaired) electrons. The number of ether oxygens (including phenoxy) is 2. The smallest absolute Gasteiger partial charge is 0.251 e. The standard InChI is InChI=1S/C16H16N2O5/c1-10(12-3-2-6-21-12)18-15(19)8-17-16(20)11-4-5-13-14(7-11)23-9-22-13/h2-7,10H,8-9H2,1H3,(H,17,20)(H,18,19)/t10-/m0/s1. The molecular formula is C16H16N2O5. The van der Waals surface area contributed by atoms with Crippen LogP contribution >= 0.6 is 0 Å². The summed E-state index contributed by atoms with van der Waals surface area (Å²) in [5.74, 6) is 1.12. The summed E-state index contributed by atoms with van der Waals surface area (Å²) in [6.07, 6.45) is 1.54. The molecule has 1 aliphatic rings. The van der Waals surface area contributed by atoms with Gasteiger partial charge in [-0.1, -0.05) is 0 Å². The molecule has 2 N–H and O–H groups in total. The molecule has 1 aromatic carbocycles. The van der Waals surface area contributed by atoms with Crippen molar-refractivity contribution in [1.29, 1.82) is 0 Å². The van der Waals surface area contributed by atoms with Gasteiger partial charge in [-0.2, -0.15) is 0 Å². The fourth-order valence-electron chi connectivity index (χ4n) is 2.20. The van der Waals surface area contributed by atoms with E-state index in [1.54, 1.807) is 43.5 Å². The van der Waals surface area contributed by atoms with Gasteiger partial charge in [0.25, 0.3) is 5.91 Å². The lowest BCUT2D eigenvalue weighted by atomic mass is 10.2. The van der Waals surface area contributed by atoms with Crippen LogP contribution in [0.5, 0.6) is 11.5 Å². The van der Waals surface area contributed by atoms with Crippen molar-refractivity contribution in [3.8, 4) is 11.5 Å². The average molecular weight is 316 g/mol. The second-order valence-corrected chi connectivity index (χ2v) is 5.06. The van der Waals surface area contributed by atoms with Crippen molar-refractivity contribution in [3.05, 3.63) is 47.9 Å². The van der Waals surface area contributed by atoms with E-state index in [1.165, 1.54) is 0 Å². The van der Waals surface area contributed by atoms with Crippen LogP contribution in [0, 0.1) is 0 Å². The third-order valence-corrected chi connectivity index (χ3v) is 3.39. The van der Waals surface area contributed by atoms with Crippen LogP contribution in [0.2, 0.25) is 0 Å². The number of hydrogen-bond donors (Lipinski definition) is 2. The molecule has 2 heterocycles. The number of carbonyl (C=O) groups excluding carboxylic acids is 2. The quantitative estimate of drug-likeness (QED) is 0.875. The number of benzene rings is 1. The Labute approximate surface area is 132 Å². The van der Waals surface area contributed by atoms with Gasteiger partial charge in [-0.3, -0.25) is 9.59 Å². The predicted octanol–water partition coefficient (Wildman–Crippen LogP) is 1.62. The lowest BCUT2D eigenvalue weighted by Crippen LogP contribution is -2.37. The molecule has 3 rings (SSSR count). The van der Waals surface area contributed by atoms with E-state index in [9.17, 15) is 9.59 Å². The van der Waals surface area contributed by atoms with Crippen LogP contribution in [0.4, 0.5) is 0 Å². The lowest BCUT2D eigenvalue weighted by molar-refractivity contribution is -0.120. The van der Waals surface area contributed by atoms with Crippen molar-refractivity contribution in [2.24, 2.45) is 0 Å². The summed E-state index contributed by atoms with van der Waals surface area (Å²) >= 11 is 0. The molecule has 1 aliphatic heterocycles. The molecule has 120 valence electrons. The molecular weight excluding hydrogens is 300 g/mol. The summed E-state index contributed by atoms with van der Waals surface area (Å²) in [5.41, 5.74) is 0.404. The van der Waals surface area contributed by atoms with Crippen LogP contribution < -0.4 is 20.1 Å². The van der Waals surface area contributed by atoms with Crippen LogP contribution in [-0.2, 0) is 4.79 Å². The molecule has 23 heavy (non-hydrogen) atoms. The lowest BCUT2D eigenvalue weighted by Gasteiger charge is -2.12. The highest BCUT2D eigenvalue weighted by Gasteiger charge is 2.17. The van der Waals surface area contributed by atoms with Crippen LogP contribution in [-0.4, -0.2) is 25.2 Å². The Bertz CT molecular complexity index is 711. The topological polar surface area (TPSA) is 89.8 Å². The number of amides is 2. The number of rotatable bonds is 5. The van der Waals surface area contributed by atoms with Gasteiger partial charge in [0, 0.05) is 5.56 Å². The second kappa shape index (κ2) is 6.43. The van der Waals surface area contributed by atoms with Gasteiger partial charge < -0.3 is 24.5 Å². The summed E-state index contributed by atoms with van der Waals surface area (Å²) in [6, 6.07) is 8.12. The van der Waals surface area contributed by atoms with Crippen molar-refractivity contribution < 1.29 is 23.5 Å². The van der Waals surface area contributed by atoms with E-state index in [0.717, 1.165) is 0 Å². The number of hydrogen-bond acceptors (Lipinski definition) is 5. The van der Waals surface area contributed by atoms with Crippen LogP contribution in [0.15, 0.2) is 41.0 Å². The van der Waals surface area contributed by atoms with Crippen LogP contribution in [0.1, 0.15) is 29.1 Å². The molecule has 0 bridgehead atoms. The minimum absolute atomic E-state index is 0.127. The fraction of sp³-hybridized carbons (Fsp3) is 0.250. The van der Waals surface area contributed by atoms with E-state index in [-0.39, 0.29) is 31.2 Å². The van der Waals surface area contributed by atoms with E-state index in [0.29, 0.717) is 22.8 Å². The maximum Gasteiger partial charge on any atom is 0.251 e. The first kappa shape index (κ1) is 15.0. The molecule has 7 nitrogen and oxygen atoms in total. The van der Waals surface area contributed by atoms with Gasteiger partial charge in [-0.05, 0) is 37.3 Å². The van der Waals surface area contributed by atoms with E-state index >= 15 is 0 Å². The average Bonchev–Trinajstić information content (AvgIpc) is 3.22. The summed E-state index contributed by atoms with van der Waals surface area (Å²) in [5, 5.41) is 5.30. The molecule has 0 saturated carbocycles. The van der Waals surface area contributed by atoms with E-state index in [2.05, 4.69) is 10.6 Å². The molecule has 0 fully saturated rings. The Morgan fingerprint density at radius 1 is 1.22 bits per heavy atom. The summed E-state index contributed by atoms with van der Waals surface area (Å²) in [4.78, 5) is 23.9. The zero-order valence-electron chi connectivity index (χ0n) is 12.5. The Kier molecular flexibility index (Phi) is 4.18. The van der Waals surface area contributed by atoms with Gasteiger partial charge in [-0.25, -0.2) is 0 Å². The SMILES string of the molecule is C[C@H](NC(=O)CNC(=O)c1ccc2c(c1)OCO2)c1ccco1. The Balaban J connectivity index is 1.51. The van der Waals surface area contributed by atoms with E-state index in [1.807, 2.05) is 0 Å². The molecule has 0 aliphatic carbocycles. The van der Waals surface area contributed by atoms with Gasteiger partial charge >= 0.3 is 0 Å². The summed E-state index contributed by atoms with van der Waals surface area (Å²) < 4.78 is 15.6. The maximum atomic E-state index is 12.1. The molecule has 1 aromatic heterocycles. The first-order valence-electron chi connectivity index (χ1n) is 7.14. The van der Waals surface area contributed by atoms with E-state index < -0.39 is 0 Å². The monoisotopic (exact) mass is 316 g/mol. The van der Waals surface area contributed by atoms with Crippen molar-refractivity contribution in [2.75, 3.05) is 13.3 Å². The summed E-state index contributed by atoms with van der Waals surface area (Å²) in [7, 11) is 0. The zero-order chi connectivity index (χ0) is 16.2. The van der Waals surface area contributed by atoms with Crippen molar-refractivity contribution >= 4 is 11.8 Å². The van der Waals surface area contributed by atoms with Crippen molar-refractivity contribution in [3.63, 3.8) is 0 Å². The predicted molar refractivity (Wildman–Crippen MR) is 80.2 cm³/mol. The first-order valence-corrected chi connectivity index (χ1v) is 7.14. The molecule has 2 amide bonds. The zero-order valence-corrected chi connectivity index (χ0v) is 12.5. The third kappa shape index (κ3) is 3.45. The van der Waals surface area contributed by atoms with Gasteiger partial charge in [-0.15, -0.1) is 0 Å². The van der Waals surface area contributed by atoms with Crippen LogP contribution in [0.25, 0.3) is 0 Å². The summed E-state index contributed by atoms with van der Waals surface area (Å²) in [6.45, 7) is 1.82. The molecule has 0 saturated heterocycles. The normalized spacial score (nSPS) is 13.4. The van der Waals surface area contributed by atoms with Crippen molar-refractivity contribution in [1.82, 2.24) is 10.6 Å². The highest BCUT2D eigenvalue weighted by Crippen LogP contribution is 2.32. The number of fused-ring (bicyclic) bond motifs is 1. The Morgan fingerprint density at radius 3 is 2.83 bits per heavy atom. The molecule has 0 spiro atoms. The Morgan fingerprint density at radius 2 is 2.04 bits per heavy atom. The minimum atomic E-state index is -0.357. The van der Waals surface area contributed by atoms with Crippen LogP contribution in [0.3, 0.4) is 0 Å². The first-order chi connectivity index (χ1) is 11.1. The largest absolute Gasteiger partial charge is 0.467 e. The van der Waals surface area contributed by atoms with E-state index in [4.69, 9.17) is 13.9 Å². The van der Waals surface area contributed by atoms with Crippen molar-refractivity contribution in [2.45, 2.75) is 13.0 Å². The number of carbonyl (C=O) groups is 2. The molecule has 2 aromatic rings. The molecule has 1 atom stereocenters. The highest BCUT2D eigenvalue weighted by molar-refractivity contribution is 5.97. The van der Waals surface area contributed by atoms with Gasteiger partial charge in [0.2, 0.25) is 12.7 Å². The number of furan rings is 1. The second-order valence-electron chi connectivity index (χ2n) is 5.06. The van der Waals surface area contributed by atoms with Gasteiger partial charge in [0.1, 0.15) is 5.76 Å². The fourth-order valence-corrected chi connectivity index (χ4v) is 2.20.